The van der Waals surface area contributed by atoms with E-state index < -0.39 is 65.7 Å². The van der Waals surface area contributed by atoms with Gasteiger partial charge in [0.1, 0.15) is 40.7 Å². The van der Waals surface area contributed by atoms with Crippen molar-refractivity contribution in [2.75, 3.05) is 39.0 Å². The average molecular weight is 738 g/mol. The maximum atomic E-state index is 14.0. The number of carbonyl (C=O) groups is 4. The van der Waals surface area contributed by atoms with E-state index in [0.29, 0.717) is 23.6 Å². The number of ether oxygens (including phenoxy) is 5. The molecule has 50 heavy (non-hydrogen) atoms. The van der Waals surface area contributed by atoms with E-state index in [4.69, 9.17) is 35.3 Å². The molecule has 0 spiro atoms. The van der Waals surface area contributed by atoms with Crippen molar-refractivity contribution in [2.45, 2.75) is 95.2 Å². The van der Waals surface area contributed by atoms with Gasteiger partial charge in [-0.1, -0.05) is 42.3 Å². The summed E-state index contributed by atoms with van der Waals surface area (Å²) in [6.45, 7) is 6.96. The Morgan fingerprint density at radius 1 is 1.28 bits per heavy atom. The number of methoxy groups -OCH3 is 2. The van der Waals surface area contributed by atoms with Gasteiger partial charge >= 0.3 is 12.1 Å². The predicted molar refractivity (Wildman–Crippen MR) is 189 cm³/mol. The summed E-state index contributed by atoms with van der Waals surface area (Å²) in [5, 5.41) is 14.4. The van der Waals surface area contributed by atoms with Gasteiger partial charge in [-0.15, -0.1) is 0 Å². The molecule has 0 aromatic heterocycles. The fourth-order valence-corrected chi connectivity index (χ4v) is 6.99. The first-order chi connectivity index (χ1) is 23.5. The summed E-state index contributed by atoms with van der Waals surface area (Å²) in [6, 6.07) is 2.60. The third-order valence-electron chi connectivity index (χ3n) is 9.85. The molecule has 3 aliphatic rings. The summed E-state index contributed by atoms with van der Waals surface area (Å²) in [7, 11) is 5.98. The quantitative estimate of drug-likeness (QED) is 0.214. The molecule has 1 unspecified atom stereocenters. The number of anilines is 1. The van der Waals surface area contributed by atoms with Gasteiger partial charge < -0.3 is 38.6 Å². The highest BCUT2D eigenvalue weighted by molar-refractivity contribution is 7.80. The Morgan fingerprint density at radius 2 is 1.98 bits per heavy atom. The third kappa shape index (κ3) is 8.42. The highest BCUT2D eigenvalue weighted by Gasteiger charge is 2.64. The van der Waals surface area contributed by atoms with E-state index in [1.165, 1.54) is 38.0 Å². The largest absolute Gasteiger partial charge is 0.495 e. The molecule has 3 heterocycles. The minimum absolute atomic E-state index is 0.0489. The monoisotopic (exact) mass is 737 g/mol. The van der Waals surface area contributed by atoms with E-state index in [-0.39, 0.29) is 30.2 Å². The normalized spacial score (nSPS) is 32.3. The summed E-state index contributed by atoms with van der Waals surface area (Å²) in [6.07, 6.45) is 1.08. The van der Waals surface area contributed by atoms with Crippen molar-refractivity contribution < 1.29 is 48.0 Å². The number of esters is 1. The predicted octanol–water partition coefficient (Wildman–Crippen LogP) is 3.83. The summed E-state index contributed by atoms with van der Waals surface area (Å²) in [5.74, 6) is -1.30. The number of nitrogens with one attached hydrogen (secondary N) is 1. The van der Waals surface area contributed by atoms with Crippen LogP contribution in [0.2, 0.25) is 5.02 Å². The van der Waals surface area contributed by atoms with Crippen LogP contribution in [0.25, 0.3) is 0 Å². The smallest absolute Gasteiger partial charge is 0.409 e. The van der Waals surface area contributed by atoms with Crippen LogP contribution in [0, 0.1) is 5.92 Å². The van der Waals surface area contributed by atoms with Crippen LogP contribution in [0.3, 0.4) is 0 Å². The van der Waals surface area contributed by atoms with Crippen molar-refractivity contribution in [3.05, 3.63) is 46.5 Å². The van der Waals surface area contributed by atoms with E-state index >= 15 is 0 Å². The molecule has 4 rings (SSSR count). The van der Waals surface area contributed by atoms with Gasteiger partial charge in [0.15, 0.2) is 5.72 Å². The maximum Gasteiger partial charge on any atom is 0.409 e. The number of hydrogen-bond donors (Lipinski definition) is 3. The van der Waals surface area contributed by atoms with E-state index in [1.54, 1.807) is 45.2 Å². The number of rotatable bonds is 7. The van der Waals surface area contributed by atoms with Crippen LogP contribution in [0.15, 0.2) is 35.9 Å². The van der Waals surface area contributed by atoms with Gasteiger partial charge in [-0.2, -0.15) is 12.6 Å². The van der Waals surface area contributed by atoms with Crippen molar-refractivity contribution in [3.63, 3.8) is 0 Å². The second-order valence-electron chi connectivity index (χ2n) is 13.4. The molecule has 2 N–H and O–H groups in total. The highest BCUT2D eigenvalue weighted by atomic mass is 35.5. The highest BCUT2D eigenvalue weighted by Crippen LogP contribution is 2.49. The number of fused-ring (bicyclic) bond motifs is 5. The van der Waals surface area contributed by atoms with Crippen LogP contribution in [-0.4, -0.2) is 110 Å². The minimum atomic E-state index is -1.82. The Bertz CT molecular complexity index is 1540. The van der Waals surface area contributed by atoms with Gasteiger partial charge in [0.05, 0.1) is 25.3 Å². The Morgan fingerprint density at radius 3 is 2.62 bits per heavy atom. The van der Waals surface area contributed by atoms with Crippen molar-refractivity contribution >= 4 is 53.8 Å². The molecule has 13 nitrogen and oxygen atoms in total. The number of aliphatic hydroxyl groups is 1. The molecule has 2 saturated heterocycles. The first-order valence-corrected chi connectivity index (χ1v) is 17.5. The molecule has 0 saturated carbocycles. The van der Waals surface area contributed by atoms with Crippen LogP contribution in [0.4, 0.5) is 10.5 Å². The molecule has 15 heteroatoms. The molecular formula is C35H48ClN3O10S. The first kappa shape index (κ1) is 39.5. The number of carbonyl (C=O) groups excluding carboxylic acids is 4. The second-order valence-corrected chi connectivity index (χ2v) is 14.2. The maximum absolute atomic E-state index is 14.0. The zero-order valence-corrected chi connectivity index (χ0v) is 31.4. The number of epoxide rings is 1. The molecule has 4 bridgehead atoms. The van der Waals surface area contributed by atoms with Crippen LogP contribution in [0.5, 0.6) is 5.75 Å². The SMILES string of the molecule is COc1cc2cc(c1Cl)N(C)C(=O)C[C@@H](OC(=O)[C@H](C)N(C)C(=O)CCS)[C@]1(C)OC1[C@H](C)[C@@H]1C[C@@](O)(NC(=O)O1)[C@H](OC)/C=C/C=C(/C)C2. The van der Waals surface area contributed by atoms with Gasteiger partial charge in [0, 0.05) is 40.0 Å². The summed E-state index contributed by atoms with van der Waals surface area (Å²) < 4.78 is 29.0. The fraction of sp³-hybridized carbons (Fsp3) is 0.600. The molecule has 1 aromatic carbocycles. The Labute approximate surface area is 303 Å². The lowest BCUT2D eigenvalue weighted by atomic mass is 9.83. The van der Waals surface area contributed by atoms with Gasteiger partial charge in [-0.25, -0.2) is 9.59 Å². The number of halogens is 1. The fourth-order valence-electron chi connectivity index (χ4n) is 6.49. The topological polar surface area (TPSA) is 156 Å². The second kappa shape index (κ2) is 15.9. The number of amides is 3. The van der Waals surface area contributed by atoms with Crippen LogP contribution >= 0.6 is 24.2 Å². The van der Waals surface area contributed by atoms with Crippen molar-refractivity contribution in [2.24, 2.45) is 5.92 Å². The lowest BCUT2D eigenvalue weighted by molar-refractivity contribution is -0.161. The number of hydrogen-bond acceptors (Lipinski definition) is 11. The molecule has 3 aliphatic heterocycles. The van der Waals surface area contributed by atoms with Crippen LogP contribution < -0.4 is 15.0 Å². The van der Waals surface area contributed by atoms with Gasteiger partial charge in [-0.3, -0.25) is 14.9 Å². The third-order valence-corrected chi connectivity index (χ3v) is 10.5. The Hall–Kier alpha value is -3.30. The molecule has 0 aliphatic carbocycles. The molecule has 2 fully saturated rings. The molecule has 3 amide bonds. The zero-order chi connectivity index (χ0) is 37.1. The average Bonchev–Trinajstić information content (AvgIpc) is 3.76. The lowest BCUT2D eigenvalue weighted by Gasteiger charge is -2.42. The number of allylic oxidation sites excluding steroid dienone is 3. The molecule has 0 radical (unpaired) electrons. The van der Waals surface area contributed by atoms with Gasteiger partial charge in [0.25, 0.3) is 0 Å². The van der Waals surface area contributed by atoms with Crippen LogP contribution in [0.1, 0.15) is 52.5 Å². The van der Waals surface area contributed by atoms with E-state index in [1.807, 2.05) is 13.0 Å². The van der Waals surface area contributed by atoms with E-state index in [9.17, 15) is 24.3 Å². The van der Waals surface area contributed by atoms with Gasteiger partial charge in [-0.05, 0) is 50.6 Å². The Balaban J connectivity index is 1.78. The number of likely N-dealkylation sites (N-methyl/N-ethyl adjacent to an activating group) is 1. The van der Waals surface area contributed by atoms with Crippen molar-refractivity contribution in [1.82, 2.24) is 10.2 Å². The van der Waals surface area contributed by atoms with Crippen molar-refractivity contribution in [1.29, 1.82) is 0 Å². The van der Waals surface area contributed by atoms with E-state index in [0.717, 1.165) is 11.1 Å². The minimum Gasteiger partial charge on any atom is -0.495 e. The molecule has 1 aromatic rings. The summed E-state index contributed by atoms with van der Waals surface area (Å²) >= 11 is 10.8. The summed E-state index contributed by atoms with van der Waals surface area (Å²) in [5.41, 5.74) is -0.903. The number of nitrogens with zero attached hydrogens (tertiary/aromatic N) is 2. The van der Waals surface area contributed by atoms with E-state index in [2.05, 4.69) is 17.9 Å². The van der Waals surface area contributed by atoms with Crippen LogP contribution in [-0.2, 0) is 39.8 Å². The standard InChI is InChI=1S/C35H48ClN3O10S/c1-19-10-9-11-26(46-8)35(44)18-25(47-33(43)37-35)20(2)31-34(4,49-31)27(48-32(42)21(3)38(5)28(40)12-13-50)17-29(41)39(6)23-15-22(14-19)16-24(45-7)30(23)36/h9-11,15-16,20-21,25-27,31,44,50H,12-14,17-18H2,1-8H3,(H,37,43)/b11-9+,19-10-/t20-,21+,25+,26-,27-,31?,34+,35+/m1/s1. The van der Waals surface area contributed by atoms with Crippen molar-refractivity contribution in [3.8, 4) is 5.75 Å². The Kier molecular flexibility index (Phi) is 12.6. The number of benzene rings is 1. The molecule has 8 atom stereocenters. The number of thiol groups is 1. The lowest BCUT2D eigenvalue weighted by Crippen LogP contribution is -2.63. The summed E-state index contributed by atoms with van der Waals surface area (Å²) in [4.78, 5) is 55.6. The molecule has 276 valence electrons. The zero-order valence-electron chi connectivity index (χ0n) is 29.7. The van der Waals surface area contributed by atoms with Gasteiger partial charge in [0.2, 0.25) is 11.8 Å². The molecular weight excluding hydrogens is 690 g/mol. The number of alkyl carbamates (subject to hydrolysis) is 1. The first-order valence-electron chi connectivity index (χ1n) is 16.4.